The smallest absolute Gasteiger partial charge is 0.135 e. The molecular weight excluding hydrogens is 787 g/mol. The van der Waals surface area contributed by atoms with Gasteiger partial charge in [0.1, 0.15) is 5.58 Å². The summed E-state index contributed by atoms with van der Waals surface area (Å²) in [6.07, 6.45) is 6.59. The van der Waals surface area contributed by atoms with E-state index in [4.69, 9.17) is 4.42 Å². The van der Waals surface area contributed by atoms with E-state index in [9.17, 15) is 0 Å². The van der Waals surface area contributed by atoms with E-state index in [-0.39, 0.29) is 0 Å². The Hall–Kier alpha value is -7.68. The molecule has 312 valence electrons. The molecule has 0 saturated carbocycles. The van der Waals surface area contributed by atoms with Gasteiger partial charge in [-0.15, -0.1) is 0 Å². The van der Waals surface area contributed by atoms with Crippen molar-refractivity contribution in [1.29, 1.82) is 0 Å². The molecule has 9 aromatic carbocycles. The van der Waals surface area contributed by atoms with Crippen LogP contribution in [0, 0.1) is 0 Å². The van der Waals surface area contributed by atoms with E-state index in [1.165, 1.54) is 91.6 Å². The minimum absolute atomic E-state index is 0.539. The highest BCUT2D eigenvalue weighted by atomic mass is 16.3. The number of nitrogens with zero attached hydrogens (tertiary/aromatic N) is 1. The zero-order valence-electron chi connectivity index (χ0n) is 36.6. The molecule has 2 heteroatoms. The van der Waals surface area contributed by atoms with Gasteiger partial charge in [0.25, 0.3) is 0 Å². The first-order valence-electron chi connectivity index (χ1n) is 23.2. The molecule has 2 aliphatic rings. The average Bonchev–Trinajstić information content (AvgIpc) is 4.06. The number of benzene rings is 9. The highest BCUT2D eigenvalue weighted by Crippen LogP contribution is 2.59. The Balaban J connectivity index is 1.12. The van der Waals surface area contributed by atoms with Crippen LogP contribution in [-0.4, -0.2) is 0 Å². The van der Waals surface area contributed by atoms with Crippen molar-refractivity contribution >= 4 is 28.0 Å². The third-order valence-corrected chi connectivity index (χ3v) is 14.4. The third kappa shape index (κ3) is 5.94. The van der Waals surface area contributed by atoms with E-state index in [2.05, 4.69) is 236 Å². The van der Waals surface area contributed by atoms with E-state index in [1.54, 1.807) is 0 Å². The fraction of sp³-hybridized carbons (Fsp3) is 0.111. The molecule has 65 heavy (non-hydrogen) atoms. The molecule has 0 N–H and O–H groups in total. The average molecular weight is 836 g/mol. The number of aryl methyl sites for hydroxylation is 1. The van der Waals surface area contributed by atoms with E-state index in [1.807, 2.05) is 6.26 Å². The van der Waals surface area contributed by atoms with Crippen LogP contribution < -0.4 is 4.90 Å². The summed E-state index contributed by atoms with van der Waals surface area (Å²) in [6.45, 7) is 2.28. The van der Waals surface area contributed by atoms with Gasteiger partial charge >= 0.3 is 0 Å². The van der Waals surface area contributed by atoms with E-state index >= 15 is 0 Å². The van der Waals surface area contributed by atoms with Crippen LogP contribution in [0.5, 0.6) is 0 Å². The molecule has 1 unspecified atom stereocenters. The molecule has 0 aliphatic heterocycles. The molecule has 2 nitrogen and oxygen atoms in total. The maximum absolute atomic E-state index is 6.12. The number of fused-ring (bicyclic) bond motifs is 7. The molecule has 0 radical (unpaired) electrons. The first kappa shape index (κ1) is 39.0. The lowest BCUT2D eigenvalue weighted by Crippen LogP contribution is -2.29. The zero-order chi connectivity index (χ0) is 43.4. The standard InChI is InChI=1S/C63H49NO/c1-2-3-7-19-44-32-34-48(35-33-44)63(47-24-12-6-13-25-47)57-29-17-15-27-52(57)54-39-37-50(43-59(54)63)64(60-30-18-31-61-55(60)40-41-65-61)49-36-38-53-51-26-14-16-28-56(51)62(58(53)42-49,45-20-8-4-9-21-45)46-22-10-5-11-23-46/h4-6,8-18,20-43H,2-3,7,19H2,1H3. The second-order valence-corrected chi connectivity index (χ2v) is 17.7. The summed E-state index contributed by atoms with van der Waals surface area (Å²) in [5.74, 6) is 0. The minimum Gasteiger partial charge on any atom is -0.464 e. The molecule has 0 fully saturated rings. The molecule has 2 aliphatic carbocycles. The van der Waals surface area contributed by atoms with Gasteiger partial charge in [0.2, 0.25) is 0 Å². The maximum atomic E-state index is 6.12. The molecule has 1 heterocycles. The SMILES string of the molecule is CCCCCc1ccc(C2(c3ccccc3)c3ccccc3-c3ccc(N(c4ccc5c(c4)C(c4ccccc4)(c4ccccc4)c4ccccc4-5)c4cccc5occc45)cc32)cc1. The molecule has 10 aromatic rings. The summed E-state index contributed by atoms with van der Waals surface area (Å²) in [5.41, 5.74) is 19.6. The van der Waals surface area contributed by atoms with Gasteiger partial charge in [-0.05, 0) is 128 Å². The molecule has 1 atom stereocenters. The monoisotopic (exact) mass is 835 g/mol. The predicted octanol–water partition coefficient (Wildman–Crippen LogP) is 16.4. The van der Waals surface area contributed by atoms with Crippen molar-refractivity contribution in [1.82, 2.24) is 0 Å². The topological polar surface area (TPSA) is 16.4 Å². The number of anilines is 3. The Kier molecular flexibility index (Phi) is 9.49. The van der Waals surface area contributed by atoms with Gasteiger partial charge in [-0.2, -0.15) is 0 Å². The first-order valence-corrected chi connectivity index (χ1v) is 23.2. The van der Waals surface area contributed by atoms with Crippen molar-refractivity contribution in [2.24, 2.45) is 0 Å². The summed E-state index contributed by atoms with van der Waals surface area (Å²) in [7, 11) is 0. The normalized spacial score (nSPS) is 15.3. The molecule has 0 spiro atoms. The van der Waals surface area contributed by atoms with Crippen LogP contribution >= 0.6 is 0 Å². The summed E-state index contributed by atoms with van der Waals surface area (Å²) >= 11 is 0. The van der Waals surface area contributed by atoms with E-state index < -0.39 is 10.8 Å². The van der Waals surface area contributed by atoms with Crippen LogP contribution in [0.1, 0.15) is 76.3 Å². The van der Waals surface area contributed by atoms with Gasteiger partial charge in [0.15, 0.2) is 0 Å². The van der Waals surface area contributed by atoms with Gasteiger partial charge in [-0.25, -0.2) is 0 Å². The van der Waals surface area contributed by atoms with Crippen LogP contribution in [0.25, 0.3) is 33.2 Å². The highest BCUT2D eigenvalue weighted by molar-refractivity contribution is 5.99. The van der Waals surface area contributed by atoms with E-state index in [0.29, 0.717) is 0 Å². The number of rotatable bonds is 11. The maximum Gasteiger partial charge on any atom is 0.135 e. The lowest BCUT2D eigenvalue weighted by molar-refractivity contribution is 0.616. The molecular formula is C63H49NO. The van der Waals surface area contributed by atoms with Crippen LogP contribution in [-0.2, 0) is 17.3 Å². The van der Waals surface area contributed by atoms with Crippen LogP contribution in [0.4, 0.5) is 17.1 Å². The molecule has 0 saturated heterocycles. The van der Waals surface area contributed by atoms with Crippen molar-refractivity contribution in [3.8, 4) is 22.3 Å². The predicted molar refractivity (Wildman–Crippen MR) is 269 cm³/mol. The second kappa shape index (κ2) is 15.8. The Morgan fingerprint density at radius 3 is 1.40 bits per heavy atom. The van der Waals surface area contributed by atoms with Gasteiger partial charge < -0.3 is 9.32 Å². The Labute approximate surface area is 382 Å². The summed E-state index contributed by atoms with van der Waals surface area (Å²) in [6, 6.07) is 83.8. The molecule has 1 aromatic heterocycles. The number of unbranched alkanes of at least 4 members (excludes halogenated alkanes) is 2. The minimum atomic E-state index is -0.548. The van der Waals surface area contributed by atoms with Gasteiger partial charge in [-0.1, -0.05) is 202 Å². The van der Waals surface area contributed by atoms with Crippen molar-refractivity contribution in [3.63, 3.8) is 0 Å². The van der Waals surface area contributed by atoms with E-state index in [0.717, 1.165) is 34.5 Å². The highest BCUT2D eigenvalue weighted by Gasteiger charge is 2.48. The fourth-order valence-corrected chi connectivity index (χ4v) is 11.6. The quantitative estimate of drug-likeness (QED) is 0.121. The Bertz CT molecular complexity index is 3290. The molecule has 0 bridgehead atoms. The van der Waals surface area contributed by atoms with Crippen LogP contribution in [0.15, 0.2) is 235 Å². The molecule has 12 rings (SSSR count). The van der Waals surface area contributed by atoms with Crippen molar-refractivity contribution in [2.75, 3.05) is 4.90 Å². The number of furan rings is 1. The fourth-order valence-electron chi connectivity index (χ4n) is 11.6. The summed E-state index contributed by atoms with van der Waals surface area (Å²) in [4.78, 5) is 2.47. The lowest BCUT2D eigenvalue weighted by atomic mass is 9.67. The largest absolute Gasteiger partial charge is 0.464 e. The Morgan fingerprint density at radius 1 is 0.400 bits per heavy atom. The first-order chi connectivity index (χ1) is 32.2. The van der Waals surface area contributed by atoms with Gasteiger partial charge in [0.05, 0.1) is 22.8 Å². The number of hydrogen-bond donors (Lipinski definition) is 0. The Morgan fingerprint density at radius 2 is 0.877 bits per heavy atom. The second-order valence-electron chi connectivity index (χ2n) is 17.7. The zero-order valence-corrected chi connectivity index (χ0v) is 36.6. The van der Waals surface area contributed by atoms with Crippen LogP contribution in [0.3, 0.4) is 0 Å². The third-order valence-electron chi connectivity index (χ3n) is 14.4. The molecule has 0 amide bonds. The van der Waals surface area contributed by atoms with Crippen LogP contribution in [0.2, 0.25) is 0 Å². The number of hydrogen-bond acceptors (Lipinski definition) is 2. The summed E-state index contributed by atoms with van der Waals surface area (Å²) < 4.78 is 6.12. The van der Waals surface area contributed by atoms with Gasteiger partial charge in [0, 0.05) is 16.8 Å². The van der Waals surface area contributed by atoms with Crippen molar-refractivity contribution in [2.45, 2.75) is 43.4 Å². The summed E-state index contributed by atoms with van der Waals surface area (Å²) in [5, 5.41) is 1.06. The van der Waals surface area contributed by atoms with Crippen molar-refractivity contribution < 1.29 is 4.42 Å². The van der Waals surface area contributed by atoms with Crippen molar-refractivity contribution in [3.05, 3.63) is 281 Å². The lowest BCUT2D eigenvalue weighted by Gasteiger charge is -2.36. The van der Waals surface area contributed by atoms with Gasteiger partial charge in [-0.3, -0.25) is 0 Å².